The summed E-state index contributed by atoms with van der Waals surface area (Å²) >= 11 is 0. The Kier molecular flexibility index (Phi) is 6.70. The van der Waals surface area contributed by atoms with Crippen molar-refractivity contribution in [2.75, 3.05) is 44.7 Å². The largest absolute Gasteiger partial charge is 0.488 e. The molecular weight excluding hydrogens is 455 g/mol. The number of ether oxygens (including phenoxy) is 1. The molecule has 7 nitrogen and oxygen atoms in total. The molecule has 2 aliphatic heterocycles. The van der Waals surface area contributed by atoms with Crippen LogP contribution >= 0.6 is 24.0 Å². The number of piperazine rings is 1. The number of aliphatic imine (C=N–C) groups is 1. The number of hydrogen-bond donors (Lipinski definition) is 1. The van der Waals surface area contributed by atoms with E-state index in [4.69, 9.17) is 4.74 Å². The van der Waals surface area contributed by atoms with Gasteiger partial charge in [0.05, 0.1) is 6.54 Å². The second-order valence-corrected chi connectivity index (χ2v) is 6.50. The van der Waals surface area contributed by atoms with Crippen molar-refractivity contribution in [3.8, 4) is 5.75 Å². The first-order chi connectivity index (χ1) is 12.8. The van der Waals surface area contributed by atoms with Crippen LogP contribution in [0.25, 0.3) is 0 Å². The molecule has 1 saturated heterocycles. The third kappa shape index (κ3) is 4.60. The van der Waals surface area contributed by atoms with E-state index in [0.717, 1.165) is 56.8 Å². The second kappa shape index (κ2) is 9.20. The van der Waals surface area contributed by atoms with Crippen LogP contribution in [-0.2, 0) is 6.42 Å². The van der Waals surface area contributed by atoms with Crippen molar-refractivity contribution < 1.29 is 4.74 Å². The number of nitrogens with zero attached hydrogens (tertiary/aromatic N) is 5. The van der Waals surface area contributed by atoms with Crippen molar-refractivity contribution in [3.05, 3.63) is 48.3 Å². The Labute approximate surface area is 176 Å². The van der Waals surface area contributed by atoms with Gasteiger partial charge in [0.2, 0.25) is 5.95 Å². The monoisotopic (exact) mass is 480 g/mol. The van der Waals surface area contributed by atoms with Gasteiger partial charge in [0, 0.05) is 52.0 Å². The molecule has 8 heteroatoms. The highest BCUT2D eigenvalue weighted by atomic mass is 127. The smallest absolute Gasteiger partial charge is 0.225 e. The van der Waals surface area contributed by atoms with Crippen LogP contribution in [0.1, 0.15) is 5.56 Å². The Morgan fingerprint density at radius 3 is 2.59 bits per heavy atom. The van der Waals surface area contributed by atoms with Crippen LogP contribution in [0.3, 0.4) is 0 Å². The molecule has 0 bridgehead atoms. The Balaban J connectivity index is 0.00000210. The highest BCUT2D eigenvalue weighted by molar-refractivity contribution is 14.0. The van der Waals surface area contributed by atoms with Crippen molar-refractivity contribution in [1.82, 2.24) is 20.2 Å². The minimum absolute atomic E-state index is 0. The summed E-state index contributed by atoms with van der Waals surface area (Å²) in [6, 6.07) is 10.1. The van der Waals surface area contributed by atoms with E-state index in [9.17, 15) is 0 Å². The molecule has 0 radical (unpaired) electrons. The molecule has 1 unspecified atom stereocenters. The zero-order valence-corrected chi connectivity index (χ0v) is 17.7. The lowest BCUT2D eigenvalue weighted by Crippen LogP contribution is -2.53. The summed E-state index contributed by atoms with van der Waals surface area (Å²) in [4.78, 5) is 17.6. The van der Waals surface area contributed by atoms with Gasteiger partial charge in [-0.1, -0.05) is 18.2 Å². The number of nitrogens with one attached hydrogen (secondary N) is 1. The summed E-state index contributed by atoms with van der Waals surface area (Å²) in [5.74, 6) is 2.73. The number of aromatic nitrogens is 2. The summed E-state index contributed by atoms with van der Waals surface area (Å²) in [5.41, 5.74) is 1.28. The minimum atomic E-state index is 0. The van der Waals surface area contributed by atoms with Crippen LogP contribution in [0.15, 0.2) is 47.7 Å². The molecule has 1 N–H and O–H groups in total. The standard InChI is InChI=1S/C19H24N6O.HI/c1-20-18(23-14-16-13-15-5-2-3-6-17(15)26-16)24-9-11-25(12-10-24)19-21-7-4-8-22-19;/h2-8,16H,9-14H2,1H3,(H,20,23);1H. The molecule has 2 aliphatic rings. The summed E-state index contributed by atoms with van der Waals surface area (Å²) in [6.07, 6.45) is 4.67. The molecule has 0 saturated carbocycles. The predicted octanol–water partition coefficient (Wildman–Crippen LogP) is 1.80. The van der Waals surface area contributed by atoms with Gasteiger partial charge in [-0.05, 0) is 17.7 Å². The lowest BCUT2D eigenvalue weighted by atomic mass is 10.1. The average Bonchev–Trinajstić information content (AvgIpc) is 3.12. The lowest BCUT2D eigenvalue weighted by molar-refractivity contribution is 0.232. The number of para-hydroxylation sites is 1. The van der Waals surface area contributed by atoms with Gasteiger partial charge in [-0.3, -0.25) is 4.99 Å². The van der Waals surface area contributed by atoms with Crippen molar-refractivity contribution in [2.24, 2.45) is 4.99 Å². The highest BCUT2D eigenvalue weighted by Gasteiger charge is 2.25. The van der Waals surface area contributed by atoms with Crippen LogP contribution in [0.4, 0.5) is 5.95 Å². The Hall–Kier alpha value is -2.10. The summed E-state index contributed by atoms with van der Waals surface area (Å²) in [5, 5.41) is 3.47. The van der Waals surface area contributed by atoms with E-state index in [2.05, 4.69) is 42.2 Å². The molecular formula is C19H25IN6O. The normalized spacial score (nSPS) is 19.1. The molecule has 1 aromatic heterocycles. The summed E-state index contributed by atoms with van der Waals surface area (Å²) in [7, 11) is 1.83. The second-order valence-electron chi connectivity index (χ2n) is 6.50. The zero-order chi connectivity index (χ0) is 17.8. The Morgan fingerprint density at radius 2 is 1.89 bits per heavy atom. The van der Waals surface area contributed by atoms with Gasteiger partial charge in [-0.25, -0.2) is 9.97 Å². The highest BCUT2D eigenvalue weighted by Crippen LogP contribution is 2.27. The number of fused-ring (bicyclic) bond motifs is 1. The minimum Gasteiger partial charge on any atom is -0.488 e. The number of benzene rings is 1. The lowest BCUT2D eigenvalue weighted by Gasteiger charge is -2.36. The molecule has 2 aromatic rings. The summed E-state index contributed by atoms with van der Waals surface area (Å²) < 4.78 is 6.00. The van der Waals surface area contributed by atoms with E-state index in [0.29, 0.717) is 0 Å². The van der Waals surface area contributed by atoms with Gasteiger partial charge in [-0.2, -0.15) is 0 Å². The van der Waals surface area contributed by atoms with E-state index in [1.54, 1.807) is 12.4 Å². The molecule has 1 aromatic carbocycles. The van der Waals surface area contributed by atoms with E-state index in [1.807, 2.05) is 25.2 Å². The number of anilines is 1. The molecule has 0 amide bonds. The SMILES string of the molecule is CN=C(NCC1Cc2ccccc2O1)N1CCN(c2ncccn2)CC1.I. The maximum Gasteiger partial charge on any atom is 0.225 e. The van der Waals surface area contributed by atoms with Gasteiger partial charge in [0.25, 0.3) is 0 Å². The molecule has 0 aliphatic carbocycles. The number of rotatable bonds is 3. The third-order valence-corrected chi connectivity index (χ3v) is 4.83. The molecule has 144 valence electrons. The predicted molar refractivity (Wildman–Crippen MR) is 117 cm³/mol. The van der Waals surface area contributed by atoms with Gasteiger partial charge < -0.3 is 19.9 Å². The number of halogens is 1. The maximum absolute atomic E-state index is 6.00. The van der Waals surface area contributed by atoms with E-state index < -0.39 is 0 Å². The maximum atomic E-state index is 6.00. The van der Waals surface area contributed by atoms with Gasteiger partial charge in [-0.15, -0.1) is 24.0 Å². The average molecular weight is 480 g/mol. The van der Waals surface area contributed by atoms with Crippen LogP contribution in [0.5, 0.6) is 5.75 Å². The van der Waals surface area contributed by atoms with Gasteiger partial charge >= 0.3 is 0 Å². The van der Waals surface area contributed by atoms with Crippen molar-refractivity contribution >= 4 is 35.9 Å². The molecule has 1 fully saturated rings. The van der Waals surface area contributed by atoms with E-state index in [1.165, 1.54) is 5.56 Å². The molecule has 3 heterocycles. The Bertz CT molecular complexity index is 739. The van der Waals surface area contributed by atoms with Gasteiger partial charge in [0.15, 0.2) is 5.96 Å². The third-order valence-electron chi connectivity index (χ3n) is 4.83. The Morgan fingerprint density at radius 1 is 1.15 bits per heavy atom. The van der Waals surface area contributed by atoms with E-state index >= 15 is 0 Å². The molecule has 1 atom stereocenters. The first-order valence-corrected chi connectivity index (χ1v) is 9.05. The first kappa shape index (κ1) is 19.7. The van der Waals surface area contributed by atoms with Crippen LogP contribution < -0.4 is 15.0 Å². The van der Waals surface area contributed by atoms with Crippen molar-refractivity contribution in [3.63, 3.8) is 0 Å². The van der Waals surface area contributed by atoms with Crippen molar-refractivity contribution in [2.45, 2.75) is 12.5 Å². The van der Waals surface area contributed by atoms with Crippen LogP contribution in [0, 0.1) is 0 Å². The molecule has 4 rings (SSSR count). The van der Waals surface area contributed by atoms with Crippen LogP contribution in [-0.4, -0.2) is 66.7 Å². The first-order valence-electron chi connectivity index (χ1n) is 9.05. The summed E-state index contributed by atoms with van der Waals surface area (Å²) in [6.45, 7) is 4.31. The fourth-order valence-electron chi connectivity index (χ4n) is 3.48. The van der Waals surface area contributed by atoms with E-state index in [-0.39, 0.29) is 30.1 Å². The molecule has 0 spiro atoms. The van der Waals surface area contributed by atoms with Crippen LogP contribution in [0.2, 0.25) is 0 Å². The zero-order valence-electron chi connectivity index (χ0n) is 15.4. The van der Waals surface area contributed by atoms with Gasteiger partial charge in [0.1, 0.15) is 11.9 Å². The van der Waals surface area contributed by atoms with Crippen molar-refractivity contribution in [1.29, 1.82) is 0 Å². The fourth-order valence-corrected chi connectivity index (χ4v) is 3.48. The number of guanidine groups is 1. The number of hydrogen-bond acceptors (Lipinski definition) is 5. The fraction of sp³-hybridized carbons (Fsp3) is 0.421. The quantitative estimate of drug-likeness (QED) is 0.411. The topological polar surface area (TPSA) is 65.9 Å². The molecule has 27 heavy (non-hydrogen) atoms.